The van der Waals surface area contributed by atoms with Gasteiger partial charge in [-0.25, -0.2) is 0 Å². The van der Waals surface area contributed by atoms with Gasteiger partial charge in [0.2, 0.25) is 0 Å². The van der Waals surface area contributed by atoms with Gasteiger partial charge in [-0.1, -0.05) is 91.0 Å². The maximum Gasteiger partial charge on any atom is 0.467 e. The molecule has 0 saturated carbocycles. The Hall–Kier alpha value is -2.40. The standard InChI is InChI=1S/C22H21F3NO2P/c23-22(24,25)29(27,28)21(20-14-8-3-9-15-20)26(16-18-10-4-1-5-11-18)17-19-12-6-2-7-13-19/h1-15,21H,16-17H2,(H,27,28). The Morgan fingerprint density at radius 1 is 0.759 bits per heavy atom. The second-order valence-electron chi connectivity index (χ2n) is 6.75. The third-order valence-electron chi connectivity index (χ3n) is 4.60. The number of rotatable bonds is 7. The molecule has 29 heavy (non-hydrogen) atoms. The van der Waals surface area contributed by atoms with Crippen LogP contribution < -0.4 is 0 Å². The van der Waals surface area contributed by atoms with Crippen molar-refractivity contribution in [3.8, 4) is 0 Å². The fraction of sp³-hybridized carbons (Fsp3) is 0.182. The number of halogens is 3. The van der Waals surface area contributed by atoms with E-state index in [4.69, 9.17) is 0 Å². The molecule has 1 N–H and O–H groups in total. The molecule has 3 aromatic rings. The number of benzene rings is 3. The van der Waals surface area contributed by atoms with Gasteiger partial charge in [-0.05, 0) is 16.7 Å². The third-order valence-corrected chi connectivity index (χ3v) is 6.61. The number of hydrogen-bond donors (Lipinski definition) is 1. The minimum Gasteiger partial charge on any atom is -0.337 e. The molecule has 2 atom stereocenters. The number of nitrogens with zero attached hydrogens (tertiary/aromatic N) is 1. The van der Waals surface area contributed by atoms with E-state index in [2.05, 4.69) is 0 Å². The van der Waals surface area contributed by atoms with E-state index in [0.717, 1.165) is 11.1 Å². The second kappa shape index (κ2) is 8.95. The van der Waals surface area contributed by atoms with E-state index >= 15 is 0 Å². The minimum atomic E-state index is -5.61. The Balaban J connectivity index is 2.09. The van der Waals surface area contributed by atoms with Crippen molar-refractivity contribution in [2.24, 2.45) is 0 Å². The summed E-state index contributed by atoms with van der Waals surface area (Å²) in [6, 6.07) is 25.7. The summed E-state index contributed by atoms with van der Waals surface area (Å²) in [5.41, 5.74) is 1.67. The van der Waals surface area contributed by atoms with E-state index in [1.54, 1.807) is 66.7 Å². The van der Waals surface area contributed by atoms with Gasteiger partial charge in [0.1, 0.15) is 5.78 Å². The van der Waals surface area contributed by atoms with Crippen LogP contribution in [0, 0.1) is 0 Å². The maximum atomic E-state index is 13.7. The molecule has 0 bridgehead atoms. The third kappa shape index (κ3) is 5.15. The molecule has 7 heteroatoms. The quantitative estimate of drug-likeness (QED) is 0.465. The van der Waals surface area contributed by atoms with Gasteiger partial charge in [0.25, 0.3) is 0 Å². The van der Waals surface area contributed by atoms with Crippen molar-refractivity contribution in [2.45, 2.75) is 24.8 Å². The van der Waals surface area contributed by atoms with Crippen LogP contribution in [-0.2, 0) is 17.7 Å². The van der Waals surface area contributed by atoms with Crippen LogP contribution in [0.1, 0.15) is 22.5 Å². The maximum absolute atomic E-state index is 13.7. The summed E-state index contributed by atoms with van der Waals surface area (Å²) in [6.45, 7) is 0.186. The minimum absolute atomic E-state index is 0.0932. The average molecular weight is 419 g/mol. The van der Waals surface area contributed by atoms with E-state index < -0.39 is 19.1 Å². The Labute approximate surface area is 167 Å². The first-order valence-corrected chi connectivity index (χ1v) is 10.8. The fourth-order valence-electron chi connectivity index (χ4n) is 3.26. The van der Waals surface area contributed by atoms with Crippen molar-refractivity contribution in [1.29, 1.82) is 0 Å². The van der Waals surface area contributed by atoms with Crippen LogP contribution >= 0.6 is 7.37 Å². The lowest BCUT2D eigenvalue weighted by Crippen LogP contribution is -2.31. The molecule has 2 unspecified atom stereocenters. The van der Waals surface area contributed by atoms with Crippen LogP contribution in [0.3, 0.4) is 0 Å². The summed E-state index contributed by atoms with van der Waals surface area (Å²) < 4.78 is 53.7. The molecule has 3 rings (SSSR count). The monoisotopic (exact) mass is 419 g/mol. The van der Waals surface area contributed by atoms with Crippen LogP contribution in [0.25, 0.3) is 0 Å². The van der Waals surface area contributed by atoms with Gasteiger partial charge in [0, 0.05) is 13.1 Å². The summed E-state index contributed by atoms with van der Waals surface area (Å²) in [6.07, 6.45) is 0. The molecule has 3 nitrogen and oxygen atoms in total. The molecular formula is C22H21F3NO2P. The highest BCUT2D eigenvalue weighted by Gasteiger charge is 2.57. The van der Waals surface area contributed by atoms with Crippen molar-refractivity contribution in [1.82, 2.24) is 4.90 Å². The van der Waals surface area contributed by atoms with Crippen LogP contribution in [0.4, 0.5) is 13.2 Å². The Morgan fingerprint density at radius 3 is 1.52 bits per heavy atom. The first-order valence-electron chi connectivity index (χ1n) is 9.05. The predicted octanol–water partition coefficient (Wildman–Crippen LogP) is 6.18. The molecule has 0 saturated heterocycles. The van der Waals surface area contributed by atoms with Gasteiger partial charge in [-0.15, -0.1) is 0 Å². The van der Waals surface area contributed by atoms with E-state index in [-0.39, 0.29) is 18.7 Å². The molecule has 0 aromatic heterocycles. The normalized spacial score (nSPS) is 15.1. The fourth-order valence-corrected chi connectivity index (χ4v) is 4.72. The predicted molar refractivity (Wildman–Crippen MR) is 107 cm³/mol. The molecule has 0 aliphatic carbocycles. The zero-order valence-corrected chi connectivity index (χ0v) is 16.4. The summed E-state index contributed by atoms with van der Waals surface area (Å²) in [4.78, 5) is 11.7. The van der Waals surface area contributed by atoms with E-state index in [1.165, 1.54) is 17.0 Å². The molecule has 0 aliphatic heterocycles. The Morgan fingerprint density at radius 2 is 1.14 bits per heavy atom. The molecule has 152 valence electrons. The van der Waals surface area contributed by atoms with Gasteiger partial charge in [-0.2, -0.15) is 13.2 Å². The average Bonchev–Trinajstić information content (AvgIpc) is 2.69. The van der Waals surface area contributed by atoms with E-state index in [9.17, 15) is 22.6 Å². The second-order valence-corrected chi connectivity index (χ2v) is 8.99. The zero-order chi connectivity index (χ0) is 20.9. The highest BCUT2D eigenvalue weighted by molar-refractivity contribution is 7.59. The summed E-state index contributed by atoms with van der Waals surface area (Å²) in [5.74, 6) is -6.96. The largest absolute Gasteiger partial charge is 0.467 e. The highest BCUT2D eigenvalue weighted by Crippen LogP contribution is 2.68. The molecule has 3 aromatic carbocycles. The van der Waals surface area contributed by atoms with Gasteiger partial charge < -0.3 is 4.89 Å². The summed E-state index contributed by atoms with van der Waals surface area (Å²) in [7, 11) is -5.61. The first kappa shape index (κ1) is 21.3. The number of hydrogen-bond acceptors (Lipinski definition) is 2. The lowest BCUT2D eigenvalue weighted by atomic mass is 10.1. The molecule has 0 amide bonds. The van der Waals surface area contributed by atoms with Crippen molar-refractivity contribution >= 4 is 7.37 Å². The molecular weight excluding hydrogens is 398 g/mol. The van der Waals surface area contributed by atoms with Gasteiger partial charge >= 0.3 is 13.3 Å². The van der Waals surface area contributed by atoms with Crippen LogP contribution in [0.15, 0.2) is 91.0 Å². The lowest BCUT2D eigenvalue weighted by molar-refractivity contribution is -0.0598. The number of alkyl halides is 3. The molecule has 0 heterocycles. The smallest absolute Gasteiger partial charge is 0.337 e. The zero-order valence-electron chi connectivity index (χ0n) is 15.5. The van der Waals surface area contributed by atoms with Crippen molar-refractivity contribution in [2.75, 3.05) is 0 Å². The van der Waals surface area contributed by atoms with Gasteiger partial charge in [0.05, 0.1) is 0 Å². The van der Waals surface area contributed by atoms with Gasteiger partial charge in [0.15, 0.2) is 0 Å². The van der Waals surface area contributed by atoms with Crippen LogP contribution in [-0.4, -0.2) is 15.7 Å². The van der Waals surface area contributed by atoms with Crippen molar-refractivity contribution in [3.05, 3.63) is 108 Å². The molecule has 0 aliphatic rings. The molecule has 0 radical (unpaired) electrons. The van der Waals surface area contributed by atoms with E-state index in [0.29, 0.717) is 0 Å². The molecule has 0 spiro atoms. The van der Waals surface area contributed by atoms with Gasteiger partial charge in [-0.3, -0.25) is 9.46 Å². The highest BCUT2D eigenvalue weighted by atomic mass is 31.2. The summed E-state index contributed by atoms with van der Waals surface area (Å²) in [5, 5.41) is 0. The first-order chi connectivity index (χ1) is 13.8. The van der Waals surface area contributed by atoms with Crippen LogP contribution in [0.2, 0.25) is 0 Å². The van der Waals surface area contributed by atoms with Crippen molar-refractivity contribution in [3.63, 3.8) is 0 Å². The Kier molecular flexibility index (Phi) is 6.58. The summed E-state index contributed by atoms with van der Waals surface area (Å²) >= 11 is 0. The Bertz CT molecular complexity index is 909. The molecule has 0 fully saturated rings. The van der Waals surface area contributed by atoms with E-state index in [1.807, 2.05) is 12.1 Å². The van der Waals surface area contributed by atoms with Crippen molar-refractivity contribution < 1.29 is 22.6 Å². The SMILES string of the molecule is O=P(O)(C(c1ccccc1)N(Cc1ccccc1)Cc1ccccc1)C(F)(F)F. The van der Waals surface area contributed by atoms with Crippen LogP contribution in [0.5, 0.6) is 0 Å². The lowest BCUT2D eigenvalue weighted by Gasteiger charge is -2.35. The topological polar surface area (TPSA) is 40.5 Å².